The van der Waals surface area contributed by atoms with Crippen molar-refractivity contribution in [3.05, 3.63) is 35.2 Å². The van der Waals surface area contributed by atoms with Crippen LogP contribution in [-0.4, -0.2) is 25.3 Å². The maximum absolute atomic E-state index is 9.98. The van der Waals surface area contributed by atoms with Crippen molar-refractivity contribution in [3.8, 4) is 5.75 Å². The number of nitrogens with zero attached hydrogens (tertiary/aromatic N) is 4. The molecule has 1 aromatic heterocycles. The van der Waals surface area contributed by atoms with Gasteiger partial charge in [0.25, 0.3) is 0 Å². The number of ether oxygens (including phenoxy) is 1. The van der Waals surface area contributed by atoms with Crippen molar-refractivity contribution in [2.45, 2.75) is 32.0 Å². The summed E-state index contributed by atoms with van der Waals surface area (Å²) in [6.45, 7) is 0.280. The highest BCUT2D eigenvalue weighted by Crippen LogP contribution is 2.32. The molecule has 1 heterocycles. The van der Waals surface area contributed by atoms with E-state index in [0.717, 1.165) is 30.6 Å². The van der Waals surface area contributed by atoms with Gasteiger partial charge in [-0.15, -0.1) is 10.2 Å². The Hall–Kier alpha value is -1.95. The number of tetrazole rings is 1. The van der Waals surface area contributed by atoms with E-state index in [1.807, 2.05) is 18.2 Å². The first-order valence-electron chi connectivity index (χ1n) is 6.39. The van der Waals surface area contributed by atoms with E-state index in [2.05, 4.69) is 15.4 Å². The van der Waals surface area contributed by atoms with E-state index in [1.165, 1.54) is 10.4 Å². The van der Waals surface area contributed by atoms with E-state index in [1.54, 1.807) is 7.05 Å². The van der Waals surface area contributed by atoms with Crippen molar-refractivity contribution in [1.29, 1.82) is 0 Å². The summed E-state index contributed by atoms with van der Waals surface area (Å²) in [5.41, 5.74) is 2.19. The molecule has 1 aromatic carbocycles. The second-order valence-corrected chi connectivity index (χ2v) is 4.75. The van der Waals surface area contributed by atoms with Crippen LogP contribution in [0, 0.1) is 0 Å². The van der Waals surface area contributed by atoms with Crippen LogP contribution in [0.2, 0.25) is 0 Å². The molecular formula is C13H16N4O2. The number of rotatable bonds is 3. The van der Waals surface area contributed by atoms with E-state index in [-0.39, 0.29) is 12.7 Å². The molecule has 0 amide bonds. The van der Waals surface area contributed by atoms with Crippen molar-refractivity contribution in [2.24, 2.45) is 7.05 Å². The fourth-order valence-electron chi connectivity index (χ4n) is 2.37. The zero-order chi connectivity index (χ0) is 13.2. The first-order chi connectivity index (χ1) is 9.22. The molecule has 1 N–H and O–H groups in total. The second kappa shape index (κ2) is 4.97. The third-order valence-electron chi connectivity index (χ3n) is 3.32. The van der Waals surface area contributed by atoms with E-state index < -0.39 is 0 Å². The molecule has 0 saturated heterocycles. The monoisotopic (exact) mass is 260 g/mol. The molecule has 1 atom stereocenters. The molecule has 19 heavy (non-hydrogen) atoms. The molecule has 0 unspecified atom stereocenters. The van der Waals surface area contributed by atoms with Crippen LogP contribution >= 0.6 is 0 Å². The molecule has 2 aromatic rings. The molecule has 0 radical (unpaired) electrons. The Morgan fingerprint density at radius 3 is 3.16 bits per heavy atom. The average Bonchev–Trinajstić information content (AvgIpc) is 2.83. The van der Waals surface area contributed by atoms with Gasteiger partial charge in [0.05, 0.1) is 13.2 Å². The van der Waals surface area contributed by atoms with Crippen molar-refractivity contribution in [3.63, 3.8) is 0 Å². The van der Waals surface area contributed by atoms with Gasteiger partial charge in [0.1, 0.15) is 5.75 Å². The van der Waals surface area contributed by atoms with Gasteiger partial charge in [-0.25, -0.2) is 0 Å². The summed E-state index contributed by atoms with van der Waals surface area (Å²) < 4.78 is 5.63. The van der Waals surface area contributed by atoms with E-state index >= 15 is 0 Å². The predicted octanol–water partition coefficient (Wildman–Crippen LogP) is 1.16. The normalized spacial score (nSPS) is 18.1. The molecule has 0 saturated carbocycles. The van der Waals surface area contributed by atoms with Crippen molar-refractivity contribution < 1.29 is 9.84 Å². The molecule has 0 fully saturated rings. The first-order valence-corrected chi connectivity index (χ1v) is 6.39. The molecule has 100 valence electrons. The van der Waals surface area contributed by atoms with Gasteiger partial charge in [0, 0.05) is 0 Å². The molecule has 6 nitrogen and oxygen atoms in total. The number of hydrogen-bond donors (Lipinski definition) is 1. The van der Waals surface area contributed by atoms with Crippen LogP contribution in [0.15, 0.2) is 18.2 Å². The van der Waals surface area contributed by atoms with Gasteiger partial charge >= 0.3 is 0 Å². The SMILES string of the molecule is Cn1nnc(COc2ccc3c(c2)[C@H](O)CCC3)n1. The van der Waals surface area contributed by atoms with Crippen LogP contribution in [0.1, 0.15) is 35.9 Å². The standard InChI is InChI=1S/C13H16N4O2/c1-17-15-13(14-16-17)8-19-10-6-5-9-3-2-4-12(18)11(9)7-10/h5-7,12,18H,2-4,8H2,1H3/t12-/m1/s1. The van der Waals surface area contributed by atoms with Gasteiger partial charge in [0.15, 0.2) is 6.61 Å². The Bertz CT molecular complexity index is 582. The van der Waals surface area contributed by atoms with Gasteiger partial charge in [-0.05, 0) is 47.7 Å². The smallest absolute Gasteiger partial charge is 0.212 e. The van der Waals surface area contributed by atoms with Gasteiger partial charge in [0.2, 0.25) is 5.82 Å². The van der Waals surface area contributed by atoms with Gasteiger partial charge in [-0.3, -0.25) is 0 Å². The second-order valence-electron chi connectivity index (χ2n) is 4.75. The lowest BCUT2D eigenvalue weighted by Gasteiger charge is -2.21. The number of fused-ring (bicyclic) bond motifs is 1. The lowest BCUT2D eigenvalue weighted by atomic mass is 9.89. The number of aryl methyl sites for hydroxylation is 2. The molecule has 0 bridgehead atoms. The third kappa shape index (κ3) is 2.58. The molecular weight excluding hydrogens is 244 g/mol. The molecule has 6 heteroatoms. The summed E-state index contributed by atoms with van der Waals surface area (Å²) in [6, 6.07) is 5.86. The van der Waals surface area contributed by atoms with Crippen LogP contribution in [0.25, 0.3) is 0 Å². The zero-order valence-corrected chi connectivity index (χ0v) is 10.8. The summed E-state index contributed by atoms with van der Waals surface area (Å²) in [5.74, 6) is 1.27. The van der Waals surface area contributed by atoms with Crippen molar-refractivity contribution in [2.75, 3.05) is 0 Å². The van der Waals surface area contributed by atoms with Gasteiger partial charge in [-0.2, -0.15) is 4.80 Å². The van der Waals surface area contributed by atoms with E-state index in [4.69, 9.17) is 4.74 Å². The topological polar surface area (TPSA) is 73.1 Å². The zero-order valence-electron chi connectivity index (χ0n) is 10.8. The Morgan fingerprint density at radius 2 is 2.37 bits per heavy atom. The molecule has 0 spiro atoms. The van der Waals surface area contributed by atoms with Crippen LogP contribution < -0.4 is 4.74 Å². The summed E-state index contributed by atoms with van der Waals surface area (Å²) in [5, 5.41) is 21.6. The number of aromatic nitrogens is 4. The minimum Gasteiger partial charge on any atom is -0.485 e. The lowest BCUT2D eigenvalue weighted by Crippen LogP contribution is -2.09. The van der Waals surface area contributed by atoms with Crippen molar-refractivity contribution in [1.82, 2.24) is 20.2 Å². The number of hydrogen-bond acceptors (Lipinski definition) is 5. The number of aliphatic hydroxyl groups excluding tert-OH is 1. The fraction of sp³-hybridized carbons (Fsp3) is 0.462. The predicted molar refractivity (Wildman–Crippen MR) is 67.5 cm³/mol. The molecule has 1 aliphatic rings. The quantitative estimate of drug-likeness (QED) is 0.896. The number of benzene rings is 1. The molecule has 0 aliphatic heterocycles. The highest BCUT2D eigenvalue weighted by Gasteiger charge is 2.18. The average molecular weight is 260 g/mol. The largest absolute Gasteiger partial charge is 0.485 e. The first kappa shape index (κ1) is 12.1. The summed E-state index contributed by atoms with van der Waals surface area (Å²) in [6.07, 6.45) is 2.51. The fourth-order valence-corrected chi connectivity index (χ4v) is 2.37. The Labute approximate surface area is 111 Å². The summed E-state index contributed by atoms with van der Waals surface area (Å²) >= 11 is 0. The number of aliphatic hydroxyl groups is 1. The van der Waals surface area contributed by atoms with Crippen molar-refractivity contribution >= 4 is 0 Å². The van der Waals surface area contributed by atoms with Crippen LogP contribution in [0.5, 0.6) is 5.75 Å². The highest BCUT2D eigenvalue weighted by atomic mass is 16.5. The van der Waals surface area contributed by atoms with Gasteiger partial charge < -0.3 is 9.84 Å². The molecule has 1 aliphatic carbocycles. The van der Waals surface area contributed by atoms with Crippen LogP contribution in [0.3, 0.4) is 0 Å². The Morgan fingerprint density at radius 1 is 1.47 bits per heavy atom. The third-order valence-corrected chi connectivity index (χ3v) is 3.32. The Kier molecular flexibility index (Phi) is 3.16. The van der Waals surface area contributed by atoms with Crippen LogP contribution in [-0.2, 0) is 20.1 Å². The lowest BCUT2D eigenvalue weighted by molar-refractivity contribution is 0.156. The van der Waals surface area contributed by atoms with E-state index in [9.17, 15) is 5.11 Å². The summed E-state index contributed by atoms with van der Waals surface area (Å²) in [7, 11) is 1.71. The van der Waals surface area contributed by atoms with E-state index in [0.29, 0.717) is 5.82 Å². The minimum absolute atomic E-state index is 0.280. The van der Waals surface area contributed by atoms with Crippen LogP contribution in [0.4, 0.5) is 0 Å². The highest BCUT2D eigenvalue weighted by molar-refractivity contribution is 5.38. The summed E-state index contributed by atoms with van der Waals surface area (Å²) in [4.78, 5) is 1.40. The minimum atomic E-state index is -0.373. The maximum atomic E-state index is 9.98. The maximum Gasteiger partial charge on any atom is 0.212 e. The van der Waals surface area contributed by atoms with Gasteiger partial charge in [-0.1, -0.05) is 6.07 Å². The molecule has 3 rings (SSSR count). The Balaban J connectivity index is 1.73.